The van der Waals surface area contributed by atoms with Crippen molar-refractivity contribution in [3.63, 3.8) is 0 Å². The lowest BCUT2D eigenvalue weighted by Gasteiger charge is -2.19. The van der Waals surface area contributed by atoms with E-state index < -0.39 is 0 Å². The molecule has 1 atom stereocenters. The third-order valence-corrected chi connectivity index (χ3v) is 4.70. The van der Waals surface area contributed by atoms with Gasteiger partial charge in [0.2, 0.25) is 0 Å². The summed E-state index contributed by atoms with van der Waals surface area (Å²) in [6.45, 7) is 2.30. The Kier molecular flexibility index (Phi) is 5.83. The number of likely N-dealkylation sites (N-methyl/N-ethyl adjacent to an activating group) is 1. The summed E-state index contributed by atoms with van der Waals surface area (Å²) in [7, 11) is 2.02. The molecule has 1 aliphatic rings. The molecule has 132 valence electrons. The third kappa shape index (κ3) is 4.90. The lowest BCUT2D eigenvalue weighted by molar-refractivity contribution is -0.885. The Bertz CT molecular complexity index is 734. The lowest BCUT2D eigenvalue weighted by atomic mass is 10.2. The summed E-state index contributed by atoms with van der Waals surface area (Å²) in [5.74, 6) is 1.38. The van der Waals surface area contributed by atoms with Crippen LogP contribution in [-0.4, -0.2) is 39.0 Å². The van der Waals surface area contributed by atoms with Crippen molar-refractivity contribution in [2.75, 3.05) is 38.4 Å². The van der Waals surface area contributed by atoms with Crippen LogP contribution in [0.2, 0.25) is 0 Å². The first-order chi connectivity index (χ1) is 12.1. The molecular formula is C19H23N2O3S+. The third-order valence-electron chi connectivity index (χ3n) is 3.95. The van der Waals surface area contributed by atoms with E-state index in [0.717, 1.165) is 22.9 Å². The van der Waals surface area contributed by atoms with Crippen LogP contribution in [0.4, 0.5) is 5.69 Å². The number of benzene rings is 2. The molecule has 6 heteroatoms. The van der Waals surface area contributed by atoms with Crippen molar-refractivity contribution in [1.29, 1.82) is 0 Å². The van der Waals surface area contributed by atoms with Gasteiger partial charge in [-0.25, -0.2) is 0 Å². The predicted molar refractivity (Wildman–Crippen MR) is 99.7 cm³/mol. The average Bonchev–Trinajstić information content (AvgIpc) is 2.62. The molecule has 5 nitrogen and oxygen atoms in total. The second-order valence-electron chi connectivity index (χ2n) is 6.07. The maximum atomic E-state index is 12.3. The second-order valence-corrected chi connectivity index (χ2v) is 6.95. The Morgan fingerprint density at radius 3 is 2.56 bits per heavy atom. The number of fused-ring (bicyclic) bond motifs is 1. The van der Waals surface area contributed by atoms with Crippen molar-refractivity contribution in [2.24, 2.45) is 0 Å². The molecule has 1 unspecified atom stereocenters. The van der Waals surface area contributed by atoms with Crippen LogP contribution in [0.15, 0.2) is 47.4 Å². The number of hydrogen-bond acceptors (Lipinski definition) is 4. The molecule has 2 aromatic carbocycles. The van der Waals surface area contributed by atoms with Crippen molar-refractivity contribution in [3.05, 3.63) is 48.0 Å². The number of anilines is 1. The Balaban J connectivity index is 1.52. The Hall–Kier alpha value is -2.18. The zero-order chi connectivity index (χ0) is 17.6. The molecule has 1 amide bonds. The molecule has 0 fully saturated rings. The largest absolute Gasteiger partial charge is 0.486 e. The van der Waals surface area contributed by atoms with E-state index in [-0.39, 0.29) is 5.91 Å². The highest BCUT2D eigenvalue weighted by Gasteiger charge is 2.15. The van der Waals surface area contributed by atoms with Gasteiger partial charge in [0.05, 0.1) is 7.05 Å². The molecule has 0 aromatic heterocycles. The summed E-state index contributed by atoms with van der Waals surface area (Å²) in [5, 5.41) is 2.93. The fourth-order valence-corrected chi connectivity index (χ4v) is 3.16. The number of carbonyl (C=O) groups excluding carboxylic acids is 1. The Labute approximate surface area is 152 Å². The van der Waals surface area contributed by atoms with Crippen molar-refractivity contribution < 1.29 is 19.2 Å². The first-order valence-electron chi connectivity index (χ1n) is 8.28. The second kappa shape index (κ2) is 8.27. The van der Waals surface area contributed by atoms with Crippen LogP contribution >= 0.6 is 11.8 Å². The first-order valence-corrected chi connectivity index (χ1v) is 9.50. The van der Waals surface area contributed by atoms with Gasteiger partial charge in [0.15, 0.2) is 18.0 Å². The van der Waals surface area contributed by atoms with E-state index in [2.05, 4.69) is 35.8 Å². The summed E-state index contributed by atoms with van der Waals surface area (Å²) in [5.41, 5.74) is 1.95. The fourth-order valence-electron chi connectivity index (χ4n) is 2.75. The number of nitrogens with one attached hydrogen (secondary N) is 2. The van der Waals surface area contributed by atoms with Gasteiger partial charge in [0, 0.05) is 22.2 Å². The zero-order valence-electron chi connectivity index (χ0n) is 14.5. The van der Waals surface area contributed by atoms with Gasteiger partial charge in [-0.2, -0.15) is 0 Å². The molecule has 0 saturated carbocycles. The van der Waals surface area contributed by atoms with Crippen LogP contribution in [0.25, 0.3) is 0 Å². The van der Waals surface area contributed by atoms with E-state index in [1.54, 1.807) is 11.8 Å². The van der Waals surface area contributed by atoms with Crippen molar-refractivity contribution in [1.82, 2.24) is 0 Å². The number of hydrogen-bond donors (Lipinski definition) is 2. The summed E-state index contributed by atoms with van der Waals surface area (Å²) in [6, 6.07) is 13.9. The summed E-state index contributed by atoms with van der Waals surface area (Å²) >= 11 is 1.73. The predicted octanol–water partition coefficient (Wildman–Crippen LogP) is 1.83. The lowest BCUT2D eigenvalue weighted by Crippen LogP contribution is -3.08. The Morgan fingerprint density at radius 1 is 1.12 bits per heavy atom. The highest BCUT2D eigenvalue weighted by atomic mass is 32.2. The maximum absolute atomic E-state index is 12.3. The smallest absolute Gasteiger partial charge is 0.279 e. The van der Waals surface area contributed by atoms with Gasteiger partial charge in [-0.3, -0.25) is 4.79 Å². The van der Waals surface area contributed by atoms with Gasteiger partial charge >= 0.3 is 0 Å². The summed E-state index contributed by atoms with van der Waals surface area (Å²) in [4.78, 5) is 14.7. The van der Waals surface area contributed by atoms with Crippen LogP contribution in [0.5, 0.6) is 11.5 Å². The van der Waals surface area contributed by atoms with Gasteiger partial charge in [-0.15, -0.1) is 11.8 Å². The molecule has 0 aliphatic carbocycles. The molecule has 1 aliphatic heterocycles. The topological polar surface area (TPSA) is 52.0 Å². The number of amides is 1. The van der Waals surface area contributed by atoms with E-state index in [0.29, 0.717) is 25.5 Å². The highest BCUT2D eigenvalue weighted by molar-refractivity contribution is 7.98. The van der Waals surface area contributed by atoms with E-state index >= 15 is 0 Å². The van der Waals surface area contributed by atoms with Gasteiger partial charge < -0.3 is 19.7 Å². The quantitative estimate of drug-likeness (QED) is 0.773. The van der Waals surface area contributed by atoms with Gasteiger partial charge in [0.25, 0.3) is 5.91 Å². The molecule has 0 bridgehead atoms. The molecular weight excluding hydrogens is 336 g/mol. The number of rotatable bonds is 6. The minimum absolute atomic E-state index is 0.0186. The number of thioether (sulfide) groups is 1. The molecule has 0 saturated heterocycles. The van der Waals surface area contributed by atoms with Gasteiger partial charge in [-0.05, 0) is 30.5 Å². The number of carbonyl (C=O) groups is 1. The molecule has 1 heterocycles. The summed E-state index contributed by atoms with van der Waals surface area (Å²) < 4.78 is 11.0. The van der Waals surface area contributed by atoms with E-state index in [1.807, 2.05) is 25.2 Å². The van der Waals surface area contributed by atoms with Gasteiger partial charge in [-0.1, -0.05) is 12.1 Å². The minimum Gasteiger partial charge on any atom is -0.486 e. The standard InChI is InChI=1S/C19H22N2O3S/c1-21(12-14-3-6-16(25-2)7-4-14)13-19(22)20-15-5-8-17-18(11-15)24-10-9-23-17/h3-8,11H,9-10,12-13H2,1-2H3,(H,20,22)/p+1. The molecule has 2 aromatic rings. The normalized spacial score (nSPS) is 14.0. The van der Waals surface area contributed by atoms with Crippen molar-refractivity contribution in [2.45, 2.75) is 11.4 Å². The van der Waals surface area contributed by atoms with E-state index in [1.165, 1.54) is 10.5 Å². The van der Waals surface area contributed by atoms with Crippen LogP contribution in [0.1, 0.15) is 5.56 Å². The summed E-state index contributed by atoms with van der Waals surface area (Å²) in [6.07, 6.45) is 2.06. The van der Waals surface area contributed by atoms with Crippen LogP contribution in [0, 0.1) is 0 Å². The molecule has 3 rings (SSSR count). The number of ether oxygens (including phenoxy) is 2. The van der Waals surface area contributed by atoms with Crippen molar-refractivity contribution in [3.8, 4) is 11.5 Å². The first kappa shape index (κ1) is 17.6. The Morgan fingerprint density at radius 2 is 1.84 bits per heavy atom. The molecule has 25 heavy (non-hydrogen) atoms. The van der Waals surface area contributed by atoms with Gasteiger partial charge in [0.1, 0.15) is 19.8 Å². The maximum Gasteiger partial charge on any atom is 0.279 e. The van der Waals surface area contributed by atoms with Crippen LogP contribution in [-0.2, 0) is 11.3 Å². The average molecular weight is 359 g/mol. The van der Waals surface area contributed by atoms with E-state index in [4.69, 9.17) is 9.47 Å². The van der Waals surface area contributed by atoms with Crippen molar-refractivity contribution >= 4 is 23.4 Å². The van der Waals surface area contributed by atoms with Crippen LogP contribution in [0.3, 0.4) is 0 Å². The molecule has 0 spiro atoms. The number of quaternary nitrogens is 1. The SMILES string of the molecule is CSc1ccc(C[NH+](C)CC(=O)Nc2ccc3c(c2)OCCO3)cc1. The molecule has 2 N–H and O–H groups in total. The molecule has 0 radical (unpaired) electrons. The zero-order valence-corrected chi connectivity index (χ0v) is 15.3. The van der Waals surface area contributed by atoms with Crippen LogP contribution < -0.4 is 19.7 Å². The highest BCUT2D eigenvalue weighted by Crippen LogP contribution is 2.32. The van der Waals surface area contributed by atoms with E-state index in [9.17, 15) is 4.79 Å². The fraction of sp³-hybridized carbons (Fsp3) is 0.316. The minimum atomic E-state index is -0.0186. The monoisotopic (exact) mass is 359 g/mol.